The highest BCUT2D eigenvalue weighted by molar-refractivity contribution is 5.91. The van der Waals surface area contributed by atoms with Crippen molar-refractivity contribution >= 4 is 5.91 Å². The van der Waals surface area contributed by atoms with Gasteiger partial charge < -0.3 is 14.2 Å². The number of hydrogen-bond acceptors (Lipinski definition) is 6. The van der Waals surface area contributed by atoms with Crippen LogP contribution >= 0.6 is 0 Å². The van der Waals surface area contributed by atoms with E-state index < -0.39 is 0 Å². The summed E-state index contributed by atoms with van der Waals surface area (Å²) in [6.07, 6.45) is 5.36. The zero-order valence-electron chi connectivity index (χ0n) is 11.7. The zero-order valence-corrected chi connectivity index (χ0v) is 11.7. The van der Waals surface area contributed by atoms with Crippen molar-refractivity contribution in [2.45, 2.75) is 19.4 Å². The molecule has 1 unspecified atom stereocenters. The maximum absolute atomic E-state index is 12.4. The van der Waals surface area contributed by atoms with E-state index in [1.54, 1.807) is 29.6 Å². The number of ether oxygens (including phenoxy) is 1. The fourth-order valence-electron chi connectivity index (χ4n) is 2.22. The van der Waals surface area contributed by atoms with Crippen molar-refractivity contribution in [2.24, 2.45) is 0 Å². The van der Waals surface area contributed by atoms with E-state index in [-0.39, 0.29) is 17.8 Å². The Labute approximate surface area is 121 Å². The summed E-state index contributed by atoms with van der Waals surface area (Å²) in [4.78, 5) is 22.4. The van der Waals surface area contributed by atoms with Crippen molar-refractivity contribution < 1.29 is 14.1 Å². The summed E-state index contributed by atoms with van der Waals surface area (Å²) in [7, 11) is 0. The van der Waals surface area contributed by atoms with Crippen LogP contribution in [0.3, 0.4) is 0 Å². The molecule has 0 bridgehead atoms. The molecule has 1 fully saturated rings. The van der Waals surface area contributed by atoms with Crippen LogP contribution in [0.1, 0.15) is 35.0 Å². The van der Waals surface area contributed by atoms with Crippen LogP contribution in [0.4, 0.5) is 0 Å². The van der Waals surface area contributed by atoms with Crippen LogP contribution in [0.5, 0.6) is 0 Å². The molecule has 7 nitrogen and oxygen atoms in total. The molecule has 21 heavy (non-hydrogen) atoms. The van der Waals surface area contributed by atoms with Crippen LogP contribution in [-0.2, 0) is 11.2 Å². The largest absolute Gasteiger partial charge is 0.368 e. The monoisotopic (exact) mass is 288 g/mol. The molecular formula is C14H16N4O3. The second kappa shape index (κ2) is 6.01. The van der Waals surface area contributed by atoms with Crippen molar-refractivity contribution in [3.63, 3.8) is 0 Å². The maximum atomic E-state index is 12.4. The predicted molar refractivity (Wildman–Crippen MR) is 72.5 cm³/mol. The number of aryl methyl sites for hydroxylation is 1. The number of hydrogen-bond donors (Lipinski definition) is 0. The van der Waals surface area contributed by atoms with E-state index in [0.29, 0.717) is 19.7 Å². The molecule has 3 heterocycles. The summed E-state index contributed by atoms with van der Waals surface area (Å²) < 4.78 is 10.8. The van der Waals surface area contributed by atoms with Gasteiger partial charge >= 0.3 is 0 Å². The van der Waals surface area contributed by atoms with E-state index in [0.717, 1.165) is 17.8 Å². The van der Waals surface area contributed by atoms with Gasteiger partial charge in [-0.2, -0.15) is 0 Å². The van der Waals surface area contributed by atoms with Gasteiger partial charge in [0.05, 0.1) is 30.7 Å². The van der Waals surface area contributed by atoms with E-state index in [4.69, 9.17) is 9.26 Å². The lowest BCUT2D eigenvalue weighted by atomic mass is 10.2. The van der Waals surface area contributed by atoms with Crippen LogP contribution in [0.25, 0.3) is 0 Å². The van der Waals surface area contributed by atoms with Gasteiger partial charge in [-0.15, -0.1) is 0 Å². The number of morpholine rings is 1. The van der Waals surface area contributed by atoms with E-state index in [9.17, 15) is 4.79 Å². The highest BCUT2D eigenvalue weighted by Gasteiger charge is 2.28. The Hall–Kier alpha value is -2.28. The molecule has 7 heteroatoms. The molecular weight excluding hydrogens is 272 g/mol. The summed E-state index contributed by atoms with van der Waals surface area (Å²) >= 11 is 0. The summed E-state index contributed by atoms with van der Waals surface area (Å²) in [5.41, 5.74) is 1.50. The molecule has 2 aromatic heterocycles. The predicted octanol–water partition coefficient (Wildman–Crippen LogP) is 1.24. The minimum Gasteiger partial charge on any atom is -0.368 e. The van der Waals surface area contributed by atoms with Gasteiger partial charge in [-0.1, -0.05) is 12.1 Å². The standard InChI is InChI=1S/C14H16N4O3/c1-2-10-7-12(21-17-10)14(19)18-5-6-20-13(9-18)11-8-15-3-4-16-11/h3-4,7-8,13H,2,5-6,9H2,1H3. The highest BCUT2D eigenvalue weighted by Crippen LogP contribution is 2.21. The van der Waals surface area contributed by atoms with E-state index >= 15 is 0 Å². The summed E-state index contributed by atoms with van der Waals surface area (Å²) in [5, 5.41) is 3.85. The molecule has 3 rings (SSSR count). The molecule has 1 amide bonds. The molecule has 0 spiro atoms. The van der Waals surface area contributed by atoms with Crippen molar-refractivity contribution in [2.75, 3.05) is 19.7 Å². The Morgan fingerprint density at radius 1 is 1.48 bits per heavy atom. The lowest BCUT2D eigenvalue weighted by Gasteiger charge is -2.31. The van der Waals surface area contributed by atoms with Gasteiger partial charge in [-0.25, -0.2) is 0 Å². The van der Waals surface area contributed by atoms with Gasteiger partial charge in [0, 0.05) is 25.0 Å². The second-order valence-electron chi connectivity index (χ2n) is 4.78. The molecule has 0 N–H and O–H groups in total. The number of carbonyl (C=O) groups is 1. The summed E-state index contributed by atoms with van der Waals surface area (Å²) in [6, 6.07) is 1.69. The molecule has 0 radical (unpaired) electrons. The van der Waals surface area contributed by atoms with Gasteiger partial charge in [0.25, 0.3) is 5.91 Å². The molecule has 0 aliphatic carbocycles. The Kier molecular flexibility index (Phi) is 3.92. The smallest absolute Gasteiger partial charge is 0.292 e. The Morgan fingerprint density at radius 3 is 3.10 bits per heavy atom. The number of aromatic nitrogens is 3. The molecule has 1 saturated heterocycles. The fourth-order valence-corrected chi connectivity index (χ4v) is 2.22. The summed E-state index contributed by atoms with van der Waals surface area (Å²) in [6.45, 7) is 3.38. The fraction of sp³-hybridized carbons (Fsp3) is 0.429. The van der Waals surface area contributed by atoms with Gasteiger partial charge in [0.2, 0.25) is 5.76 Å². The minimum atomic E-state index is -0.259. The van der Waals surface area contributed by atoms with Gasteiger partial charge in [-0.3, -0.25) is 14.8 Å². The quantitative estimate of drug-likeness (QED) is 0.845. The van der Waals surface area contributed by atoms with Crippen LogP contribution in [0.2, 0.25) is 0 Å². The molecule has 1 atom stereocenters. The van der Waals surface area contributed by atoms with E-state index in [1.807, 2.05) is 6.92 Å². The topological polar surface area (TPSA) is 81.4 Å². The normalized spacial score (nSPS) is 18.7. The molecule has 0 aromatic carbocycles. The minimum absolute atomic E-state index is 0.167. The first kappa shape index (κ1) is 13.7. The third-order valence-corrected chi connectivity index (χ3v) is 3.40. The lowest BCUT2D eigenvalue weighted by molar-refractivity contribution is -0.0260. The van der Waals surface area contributed by atoms with Crippen molar-refractivity contribution in [1.29, 1.82) is 0 Å². The first-order valence-corrected chi connectivity index (χ1v) is 6.90. The molecule has 2 aromatic rings. The lowest BCUT2D eigenvalue weighted by Crippen LogP contribution is -2.42. The third kappa shape index (κ3) is 2.92. The molecule has 110 valence electrons. The number of nitrogens with zero attached hydrogens (tertiary/aromatic N) is 4. The first-order chi connectivity index (χ1) is 10.3. The SMILES string of the molecule is CCc1cc(C(=O)N2CCOC(c3cnccn3)C2)on1. The van der Waals surface area contributed by atoms with Crippen molar-refractivity contribution in [1.82, 2.24) is 20.0 Å². The van der Waals surface area contributed by atoms with Gasteiger partial charge in [0.15, 0.2) is 0 Å². The van der Waals surface area contributed by atoms with Crippen molar-refractivity contribution in [3.8, 4) is 0 Å². The molecule has 0 saturated carbocycles. The van der Waals surface area contributed by atoms with E-state index in [2.05, 4.69) is 15.1 Å². The van der Waals surface area contributed by atoms with Crippen molar-refractivity contribution in [3.05, 3.63) is 41.8 Å². The van der Waals surface area contributed by atoms with E-state index in [1.165, 1.54) is 0 Å². The van der Waals surface area contributed by atoms with Crippen LogP contribution in [0.15, 0.2) is 29.2 Å². The molecule has 1 aliphatic heterocycles. The average molecular weight is 288 g/mol. The Morgan fingerprint density at radius 2 is 2.38 bits per heavy atom. The number of rotatable bonds is 3. The van der Waals surface area contributed by atoms with Crippen LogP contribution in [-0.4, -0.2) is 45.6 Å². The van der Waals surface area contributed by atoms with Crippen LogP contribution < -0.4 is 0 Å². The molecule has 1 aliphatic rings. The van der Waals surface area contributed by atoms with Gasteiger partial charge in [-0.05, 0) is 6.42 Å². The zero-order chi connectivity index (χ0) is 14.7. The Bertz CT molecular complexity index is 614. The maximum Gasteiger partial charge on any atom is 0.292 e. The number of carbonyl (C=O) groups excluding carboxylic acids is 1. The Balaban J connectivity index is 1.72. The first-order valence-electron chi connectivity index (χ1n) is 6.90. The number of amides is 1. The second-order valence-corrected chi connectivity index (χ2v) is 4.78. The van der Waals surface area contributed by atoms with Gasteiger partial charge in [0.1, 0.15) is 6.10 Å². The van der Waals surface area contributed by atoms with Crippen LogP contribution in [0, 0.1) is 0 Å². The average Bonchev–Trinajstić information content (AvgIpc) is 3.04. The highest BCUT2D eigenvalue weighted by atomic mass is 16.5. The summed E-state index contributed by atoms with van der Waals surface area (Å²) in [5.74, 6) is 0.103. The third-order valence-electron chi connectivity index (χ3n) is 3.40.